The van der Waals surface area contributed by atoms with E-state index in [1.165, 1.54) is 12.5 Å². The molecule has 31 heavy (non-hydrogen) atoms. The maximum absolute atomic E-state index is 12.0. The topological polar surface area (TPSA) is 65.4 Å². The lowest BCUT2D eigenvalue weighted by Crippen LogP contribution is -2.31. The molecular formula is C25H27N3O3. The third-order valence-corrected chi connectivity index (χ3v) is 5.26. The molecule has 4 aromatic rings. The van der Waals surface area contributed by atoms with Gasteiger partial charge in [-0.3, -0.25) is 4.79 Å². The number of amides is 1. The van der Waals surface area contributed by atoms with Crippen LogP contribution in [0.1, 0.15) is 25.2 Å². The first-order valence-corrected chi connectivity index (χ1v) is 10.5. The molecule has 0 spiro atoms. The Morgan fingerprint density at radius 1 is 1.06 bits per heavy atom. The van der Waals surface area contributed by atoms with E-state index in [1.54, 1.807) is 0 Å². The minimum atomic E-state index is -0.228. The summed E-state index contributed by atoms with van der Waals surface area (Å²) in [7, 11) is 1.51. The Morgan fingerprint density at radius 2 is 1.84 bits per heavy atom. The van der Waals surface area contributed by atoms with E-state index in [0.29, 0.717) is 6.61 Å². The third-order valence-electron chi connectivity index (χ3n) is 5.26. The van der Waals surface area contributed by atoms with Gasteiger partial charge in [0.2, 0.25) is 5.91 Å². The number of benzene rings is 3. The summed E-state index contributed by atoms with van der Waals surface area (Å²) in [6, 6.07) is 22.1. The molecule has 6 nitrogen and oxygen atoms in total. The molecular weight excluding hydrogens is 390 g/mol. The van der Waals surface area contributed by atoms with E-state index in [-0.39, 0.29) is 18.6 Å². The van der Waals surface area contributed by atoms with Crippen LogP contribution in [0.2, 0.25) is 0 Å². The van der Waals surface area contributed by atoms with Crippen LogP contribution in [0.5, 0.6) is 5.75 Å². The van der Waals surface area contributed by atoms with Crippen molar-refractivity contribution in [2.45, 2.75) is 25.9 Å². The van der Waals surface area contributed by atoms with Crippen molar-refractivity contribution < 1.29 is 14.3 Å². The van der Waals surface area contributed by atoms with Gasteiger partial charge in [-0.25, -0.2) is 4.98 Å². The van der Waals surface area contributed by atoms with Gasteiger partial charge in [0.05, 0.1) is 23.7 Å². The lowest BCUT2D eigenvalue weighted by molar-refractivity contribution is -0.125. The molecule has 1 atom stereocenters. The molecule has 0 aliphatic rings. The number of nitrogens with one attached hydrogen (secondary N) is 1. The lowest BCUT2D eigenvalue weighted by atomic mass is 10.1. The van der Waals surface area contributed by atoms with Crippen LogP contribution in [0.4, 0.5) is 0 Å². The molecule has 0 radical (unpaired) electrons. The average molecular weight is 418 g/mol. The van der Waals surface area contributed by atoms with Gasteiger partial charge in [-0.1, -0.05) is 48.5 Å². The number of fused-ring (bicyclic) bond motifs is 2. The highest BCUT2D eigenvalue weighted by atomic mass is 16.5. The van der Waals surface area contributed by atoms with Gasteiger partial charge in [-0.05, 0) is 36.9 Å². The van der Waals surface area contributed by atoms with E-state index >= 15 is 0 Å². The fraction of sp³-hybridized carbons (Fsp3) is 0.280. The van der Waals surface area contributed by atoms with Gasteiger partial charge >= 0.3 is 0 Å². The van der Waals surface area contributed by atoms with Crippen LogP contribution in [0, 0.1) is 0 Å². The molecule has 0 aliphatic heterocycles. The van der Waals surface area contributed by atoms with E-state index in [9.17, 15) is 4.79 Å². The Labute approximate surface area is 181 Å². The molecule has 6 heteroatoms. The van der Waals surface area contributed by atoms with E-state index in [1.807, 2.05) is 49.4 Å². The van der Waals surface area contributed by atoms with Gasteiger partial charge < -0.3 is 19.4 Å². The largest absolute Gasteiger partial charge is 0.493 e. The summed E-state index contributed by atoms with van der Waals surface area (Å²) in [5.74, 6) is 1.57. The smallest absolute Gasteiger partial charge is 0.246 e. The molecule has 1 aromatic heterocycles. The Hall–Kier alpha value is -3.38. The van der Waals surface area contributed by atoms with Crippen LogP contribution >= 0.6 is 0 Å². The third kappa shape index (κ3) is 4.70. The monoisotopic (exact) mass is 417 g/mol. The van der Waals surface area contributed by atoms with Crippen LogP contribution in [0.3, 0.4) is 0 Å². The molecule has 0 saturated carbocycles. The molecule has 0 saturated heterocycles. The van der Waals surface area contributed by atoms with Gasteiger partial charge in [0.25, 0.3) is 0 Å². The minimum Gasteiger partial charge on any atom is -0.493 e. The van der Waals surface area contributed by atoms with Gasteiger partial charge in [-0.2, -0.15) is 0 Å². The van der Waals surface area contributed by atoms with Gasteiger partial charge in [-0.15, -0.1) is 0 Å². The SMILES string of the molecule is COCC(=O)NC(C)c1nc2ccccc2n1CCCOc1cccc2ccccc12. The van der Waals surface area contributed by atoms with Crippen molar-refractivity contribution in [3.8, 4) is 5.75 Å². The Morgan fingerprint density at radius 3 is 2.71 bits per heavy atom. The van der Waals surface area contributed by atoms with Crippen LogP contribution in [0.15, 0.2) is 66.7 Å². The molecule has 1 heterocycles. The second-order valence-electron chi connectivity index (χ2n) is 7.51. The normalized spacial score (nSPS) is 12.2. The van der Waals surface area contributed by atoms with Crippen molar-refractivity contribution in [2.75, 3.05) is 20.3 Å². The molecule has 160 valence electrons. The highest BCUT2D eigenvalue weighted by Crippen LogP contribution is 2.26. The maximum atomic E-state index is 12.0. The predicted molar refractivity (Wildman–Crippen MR) is 122 cm³/mol. The molecule has 4 rings (SSSR count). The van der Waals surface area contributed by atoms with E-state index in [4.69, 9.17) is 14.5 Å². The molecule has 1 unspecified atom stereocenters. The number of para-hydroxylation sites is 2. The van der Waals surface area contributed by atoms with E-state index in [2.05, 4.69) is 34.1 Å². The summed E-state index contributed by atoms with van der Waals surface area (Å²) in [6.45, 7) is 3.30. The summed E-state index contributed by atoms with van der Waals surface area (Å²) in [4.78, 5) is 16.8. The lowest BCUT2D eigenvalue weighted by Gasteiger charge is -2.16. The second kappa shape index (κ2) is 9.62. The fourth-order valence-corrected chi connectivity index (χ4v) is 3.86. The Kier molecular flexibility index (Phi) is 6.48. The molecule has 0 fully saturated rings. The summed E-state index contributed by atoms with van der Waals surface area (Å²) in [5, 5.41) is 5.24. The number of methoxy groups -OCH3 is 1. The van der Waals surface area contributed by atoms with Crippen molar-refractivity contribution in [3.05, 3.63) is 72.6 Å². The van der Waals surface area contributed by atoms with Gasteiger partial charge in [0.15, 0.2) is 0 Å². The van der Waals surface area contributed by atoms with Crippen LogP contribution in [-0.4, -0.2) is 35.8 Å². The molecule has 0 aliphatic carbocycles. The number of imidazole rings is 1. The Bertz CT molecular complexity index is 1180. The van der Waals surface area contributed by atoms with Crippen molar-refractivity contribution in [1.82, 2.24) is 14.9 Å². The summed E-state index contributed by atoms with van der Waals surface area (Å²) >= 11 is 0. The highest BCUT2D eigenvalue weighted by molar-refractivity contribution is 5.88. The highest BCUT2D eigenvalue weighted by Gasteiger charge is 2.18. The summed E-state index contributed by atoms with van der Waals surface area (Å²) in [5.41, 5.74) is 1.97. The summed E-state index contributed by atoms with van der Waals surface area (Å²) < 4.78 is 13.2. The minimum absolute atomic E-state index is 0.0312. The molecule has 1 N–H and O–H groups in total. The second-order valence-corrected chi connectivity index (χ2v) is 7.51. The number of nitrogens with zero attached hydrogens (tertiary/aromatic N) is 2. The number of hydrogen-bond donors (Lipinski definition) is 1. The van der Waals surface area contributed by atoms with Crippen molar-refractivity contribution in [2.24, 2.45) is 0 Å². The number of aryl methyl sites for hydroxylation is 1. The molecule has 0 bridgehead atoms. The summed E-state index contributed by atoms with van der Waals surface area (Å²) in [6.07, 6.45) is 0.815. The number of carbonyl (C=O) groups is 1. The first-order valence-electron chi connectivity index (χ1n) is 10.5. The van der Waals surface area contributed by atoms with Crippen LogP contribution in [0.25, 0.3) is 21.8 Å². The standard InChI is InChI=1S/C25H27N3O3/c1-18(26-24(29)17-30-2)25-27-21-12-5-6-13-22(21)28(25)15-8-16-31-23-14-7-10-19-9-3-4-11-20(19)23/h3-7,9-14,18H,8,15-17H2,1-2H3,(H,26,29). The number of rotatable bonds is 9. The van der Waals surface area contributed by atoms with Gasteiger partial charge in [0, 0.05) is 19.0 Å². The van der Waals surface area contributed by atoms with E-state index < -0.39 is 0 Å². The number of ether oxygens (including phenoxy) is 2. The number of hydrogen-bond acceptors (Lipinski definition) is 4. The van der Waals surface area contributed by atoms with Gasteiger partial charge in [0.1, 0.15) is 18.2 Å². The fourth-order valence-electron chi connectivity index (χ4n) is 3.86. The zero-order chi connectivity index (χ0) is 21.6. The van der Waals surface area contributed by atoms with Crippen molar-refractivity contribution in [1.29, 1.82) is 0 Å². The van der Waals surface area contributed by atoms with E-state index in [0.717, 1.165) is 41.0 Å². The average Bonchev–Trinajstić information content (AvgIpc) is 3.16. The zero-order valence-corrected chi connectivity index (χ0v) is 17.9. The number of carbonyl (C=O) groups excluding carboxylic acids is 1. The molecule has 3 aromatic carbocycles. The van der Waals surface area contributed by atoms with Crippen molar-refractivity contribution >= 4 is 27.7 Å². The molecule has 1 amide bonds. The van der Waals surface area contributed by atoms with Crippen LogP contribution < -0.4 is 10.1 Å². The first-order chi connectivity index (χ1) is 15.2. The zero-order valence-electron chi connectivity index (χ0n) is 17.9. The van der Waals surface area contributed by atoms with Crippen LogP contribution in [-0.2, 0) is 16.1 Å². The number of aromatic nitrogens is 2. The van der Waals surface area contributed by atoms with Crippen molar-refractivity contribution in [3.63, 3.8) is 0 Å². The first kappa shape index (κ1) is 20.9. The quantitative estimate of drug-likeness (QED) is 0.408. The predicted octanol–water partition coefficient (Wildman–Crippen LogP) is 4.48. The Balaban J connectivity index is 1.48. The maximum Gasteiger partial charge on any atom is 0.246 e.